The number of amides is 1. The van der Waals surface area contributed by atoms with Gasteiger partial charge in [-0.15, -0.1) is 0 Å². The summed E-state index contributed by atoms with van der Waals surface area (Å²) in [7, 11) is -3.57. The lowest BCUT2D eigenvalue weighted by atomic mass is 10.1. The summed E-state index contributed by atoms with van der Waals surface area (Å²) in [6, 6.07) is 34.5. The zero-order valence-electron chi connectivity index (χ0n) is 25.7. The van der Waals surface area contributed by atoms with Crippen LogP contribution in [0.25, 0.3) is 0 Å². The number of para-hydroxylation sites is 2. The van der Waals surface area contributed by atoms with Crippen LogP contribution in [-0.4, -0.2) is 36.8 Å². The Hall–Kier alpha value is -4.75. The maximum Gasteiger partial charge on any atom is 0.449 e. The number of hydrogen-bond donors (Lipinski definition) is 1. The van der Waals surface area contributed by atoms with Crippen molar-refractivity contribution in [3.8, 4) is 5.75 Å². The number of esters is 1. The molecule has 1 fully saturated rings. The second kappa shape index (κ2) is 13.9. The highest BCUT2D eigenvalue weighted by atomic mass is 31.2. The van der Waals surface area contributed by atoms with E-state index in [2.05, 4.69) is 5.32 Å². The highest BCUT2D eigenvalue weighted by Crippen LogP contribution is 2.60. The third kappa shape index (κ3) is 8.25. The fourth-order valence-electron chi connectivity index (χ4n) is 4.95. The van der Waals surface area contributed by atoms with Crippen molar-refractivity contribution < 1.29 is 28.2 Å². The third-order valence-corrected chi connectivity index (χ3v) is 9.56. The van der Waals surface area contributed by atoms with E-state index in [4.69, 9.17) is 14.0 Å². The van der Waals surface area contributed by atoms with Crippen LogP contribution in [0.3, 0.4) is 0 Å². The molecule has 10 heteroatoms. The van der Waals surface area contributed by atoms with Gasteiger partial charge in [0.05, 0.1) is 0 Å². The Morgan fingerprint density at radius 3 is 1.78 bits per heavy atom. The number of carbonyl (C=O) groups excluding carboxylic acids is 2. The van der Waals surface area contributed by atoms with Crippen molar-refractivity contribution in [3.05, 3.63) is 126 Å². The Labute approximate surface area is 264 Å². The normalized spacial score (nSPS) is 14.8. The molecule has 4 aromatic rings. The fraction of sp³-hybridized carbons (Fsp3) is 0.257. The molecule has 1 aliphatic heterocycles. The van der Waals surface area contributed by atoms with E-state index in [1.165, 1.54) is 0 Å². The van der Waals surface area contributed by atoms with E-state index in [1.807, 2.05) is 100 Å². The summed E-state index contributed by atoms with van der Waals surface area (Å²) in [4.78, 5) is 25.8. The monoisotopic (exact) mass is 627 g/mol. The number of rotatable bonds is 10. The molecule has 0 radical (unpaired) electrons. The van der Waals surface area contributed by atoms with Gasteiger partial charge >= 0.3 is 19.7 Å². The van der Waals surface area contributed by atoms with Crippen LogP contribution in [-0.2, 0) is 31.9 Å². The number of ether oxygens (including phenoxy) is 2. The molecule has 1 heterocycles. The molecule has 9 nitrogen and oxygen atoms in total. The first-order chi connectivity index (χ1) is 21.6. The molecule has 0 spiro atoms. The Morgan fingerprint density at radius 1 is 0.756 bits per heavy atom. The van der Waals surface area contributed by atoms with Gasteiger partial charge in [0.15, 0.2) is 0 Å². The standard InChI is InChI=1S/C35H38N3O6P/c1-35(2,3)43-34(40)36-32(33(39)42-26-28-13-7-4-8-14-28)25-27-19-21-31(22-20-27)44-45(41)37(29-15-9-5-10-16-29)23-24-38(45)30-17-11-6-12-18-30/h4-22,32H,23-26H2,1-3H3,(H,36,40). The topological polar surface area (TPSA) is 97.4 Å². The highest BCUT2D eigenvalue weighted by Gasteiger charge is 2.46. The highest BCUT2D eigenvalue weighted by molar-refractivity contribution is 7.63. The summed E-state index contributed by atoms with van der Waals surface area (Å²) >= 11 is 0. The molecule has 1 saturated heterocycles. The van der Waals surface area contributed by atoms with E-state index in [9.17, 15) is 14.2 Å². The number of carbonyl (C=O) groups is 2. The molecule has 0 bridgehead atoms. The molecule has 1 atom stereocenters. The van der Waals surface area contributed by atoms with E-state index in [0.717, 1.165) is 22.5 Å². The Morgan fingerprint density at radius 2 is 1.27 bits per heavy atom. The molecule has 0 aromatic heterocycles. The first-order valence-corrected chi connectivity index (χ1v) is 16.4. The quantitative estimate of drug-likeness (QED) is 0.144. The predicted molar refractivity (Wildman–Crippen MR) is 175 cm³/mol. The van der Waals surface area contributed by atoms with Gasteiger partial charge in [0, 0.05) is 30.9 Å². The maximum absolute atomic E-state index is 14.7. The van der Waals surface area contributed by atoms with Gasteiger partial charge < -0.3 is 19.3 Å². The first kappa shape index (κ1) is 31.7. The lowest BCUT2D eigenvalue weighted by Gasteiger charge is -2.31. The van der Waals surface area contributed by atoms with Gasteiger partial charge in [-0.05, 0) is 68.3 Å². The van der Waals surface area contributed by atoms with Crippen LogP contribution in [0.4, 0.5) is 16.2 Å². The van der Waals surface area contributed by atoms with E-state index < -0.39 is 31.4 Å². The van der Waals surface area contributed by atoms with Crippen LogP contribution < -0.4 is 19.2 Å². The van der Waals surface area contributed by atoms with E-state index in [-0.39, 0.29) is 13.0 Å². The van der Waals surface area contributed by atoms with Crippen molar-refractivity contribution in [3.63, 3.8) is 0 Å². The van der Waals surface area contributed by atoms with Crippen molar-refractivity contribution in [1.82, 2.24) is 5.32 Å². The minimum atomic E-state index is -3.57. The van der Waals surface area contributed by atoms with E-state index >= 15 is 0 Å². The van der Waals surface area contributed by atoms with E-state index in [0.29, 0.717) is 18.8 Å². The SMILES string of the molecule is CC(C)(C)OC(=O)NC(Cc1ccc(OP2(=O)N(c3ccccc3)CCN2c2ccccc2)cc1)C(=O)OCc1ccccc1. The molecule has 1 aliphatic rings. The Kier molecular flexibility index (Phi) is 9.79. The van der Waals surface area contributed by atoms with Crippen molar-refractivity contribution in [2.24, 2.45) is 0 Å². The molecular weight excluding hydrogens is 589 g/mol. The summed E-state index contributed by atoms with van der Waals surface area (Å²) in [6.07, 6.45) is -0.567. The first-order valence-electron chi connectivity index (χ1n) is 14.9. The number of nitrogens with one attached hydrogen (secondary N) is 1. The van der Waals surface area contributed by atoms with Crippen molar-refractivity contribution >= 4 is 31.1 Å². The van der Waals surface area contributed by atoms with E-state index in [1.54, 1.807) is 45.0 Å². The molecule has 0 saturated carbocycles. The smallest absolute Gasteiger partial charge is 0.449 e. The largest absolute Gasteiger partial charge is 0.459 e. The van der Waals surface area contributed by atoms with Crippen LogP contribution in [0.5, 0.6) is 5.75 Å². The van der Waals surface area contributed by atoms with Crippen LogP contribution >= 0.6 is 7.67 Å². The molecule has 45 heavy (non-hydrogen) atoms. The van der Waals surface area contributed by atoms with Crippen molar-refractivity contribution in [2.45, 2.75) is 45.4 Å². The van der Waals surface area contributed by atoms with Gasteiger partial charge in [-0.25, -0.2) is 14.2 Å². The summed E-state index contributed by atoms with van der Waals surface area (Å²) in [5.74, 6) is -0.174. The molecule has 4 aromatic carbocycles. The second-order valence-corrected chi connectivity index (χ2v) is 13.8. The lowest BCUT2D eigenvalue weighted by Crippen LogP contribution is -2.45. The van der Waals surface area contributed by atoms with Gasteiger partial charge in [-0.1, -0.05) is 78.9 Å². The van der Waals surface area contributed by atoms with Crippen LogP contribution in [0.1, 0.15) is 31.9 Å². The van der Waals surface area contributed by atoms with Gasteiger partial charge in [0.25, 0.3) is 0 Å². The fourth-order valence-corrected chi connectivity index (χ4v) is 7.34. The third-order valence-electron chi connectivity index (χ3n) is 7.03. The zero-order chi connectivity index (χ0) is 31.9. The predicted octanol–water partition coefficient (Wildman–Crippen LogP) is 7.38. The molecule has 0 aliphatic carbocycles. The van der Waals surface area contributed by atoms with Crippen molar-refractivity contribution in [1.29, 1.82) is 0 Å². The summed E-state index contributed by atoms with van der Waals surface area (Å²) < 4.78 is 35.6. The lowest BCUT2D eigenvalue weighted by molar-refractivity contribution is -0.147. The molecule has 1 N–H and O–H groups in total. The summed E-state index contributed by atoms with van der Waals surface area (Å²) in [5, 5.41) is 2.66. The van der Waals surface area contributed by atoms with Gasteiger partial charge in [0.1, 0.15) is 24.0 Å². The van der Waals surface area contributed by atoms with Crippen LogP contribution in [0, 0.1) is 0 Å². The minimum absolute atomic E-state index is 0.0735. The number of alkyl carbamates (subject to hydrolysis) is 1. The van der Waals surface area contributed by atoms with Crippen LogP contribution in [0.15, 0.2) is 115 Å². The molecule has 234 valence electrons. The molecule has 5 rings (SSSR count). The van der Waals surface area contributed by atoms with Crippen LogP contribution in [0.2, 0.25) is 0 Å². The van der Waals surface area contributed by atoms with Gasteiger partial charge in [-0.2, -0.15) is 0 Å². The number of benzene rings is 4. The van der Waals surface area contributed by atoms with Gasteiger partial charge in [0.2, 0.25) is 0 Å². The maximum atomic E-state index is 14.7. The van der Waals surface area contributed by atoms with Crippen molar-refractivity contribution in [2.75, 3.05) is 22.4 Å². The minimum Gasteiger partial charge on any atom is -0.459 e. The number of anilines is 2. The number of hydrogen-bond acceptors (Lipinski definition) is 6. The summed E-state index contributed by atoms with van der Waals surface area (Å²) in [6.45, 7) is 6.38. The Balaban J connectivity index is 1.34. The molecule has 1 unspecified atom stereocenters. The molecule has 1 amide bonds. The second-order valence-electron chi connectivity index (χ2n) is 11.6. The molecular formula is C35H38N3O6P. The summed E-state index contributed by atoms with van der Waals surface area (Å²) in [5.41, 5.74) is 2.45. The van der Waals surface area contributed by atoms with Gasteiger partial charge in [-0.3, -0.25) is 9.34 Å². The Bertz CT molecular complexity index is 1560. The average molecular weight is 628 g/mol. The number of nitrogens with zero attached hydrogens (tertiary/aromatic N) is 2. The zero-order valence-corrected chi connectivity index (χ0v) is 26.6. The average Bonchev–Trinajstić information content (AvgIpc) is 3.37.